The molecule has 0 aliphatic heterocycles. The molecule has 1 amide bonds. The van der Waals surface area contributed by atoms with Gasteiger partial charge in [0.1, 0.15) is 18.1 Å². The fourth-order valence-electron chi connectivity index (χ4n) is 2.46. The molecule has 5 nitrogen and oxygen atoms in total. The van der Waals surface area contributed by atoms with Crippen molar-refractivity contribution in [3.05, 3.63) is 90.0 Å². The molecule has 0 bridgehead atoms. The minimum atomic E-state index is -0.289. The molecule has 3 aromatic rings. The van der Waals surface area contributed by atoms with Crippen molar-refractivity contribution in [2.45, 2.75) is 6.61 Å². The smallest absolute Gasteiger partial charge is 0.257 e. The minimum Gasteiger partial charge on any atom is -0.497 e. The van der Waals surface area contributed by atoms with E-state index in [1.807, 2.05) is 54.6 Å². The van der Waals surface area contributed by atoms with Gasteiger partial charge in [0.05, 0.1) is 7.11 Å². The van der Waals surface area contributed by atoms with E-state index >= 15 is 0 Å². The summed E-state index contributed by atoms with van der Waals surface area (Å²) in [6.45, 7) is 0.504. The van der Waals surface area contributed by atoms with Gasteiger partial charge in [0, 0.05) is 11.3 Å². The van der Waals surface area contributed by atoms with E-state index in [9.17, 15) is 4.79 Å². The molecule has 2 N–H and O–H groups in total. The number of hydrogen-bond donors (Lipinski definition) is 2. The molecule has 142 valence electrons. The molecule has 3 rings (SSSR count). The zero-order chi connectivity index (χ0) is 19.8. The largest absolute Gasteiger partial charge is 0.497 e. The number of nitrogens with one attached hydrogen (secondary N) is 2. The Balaban J connectivity index is 1.50. The number of carbonyl (C=O) groups is 1. The lowest BCUT2D eigenvalue weighted by atomic mass is 10.2. The first-order valence-corrected chi connectivity index (χ1v) is 9.08. The van der Waals surface area contributed by atoms with Crippen LogP contribution in [0, 0.1) is 0 Å². The maximum absolute atomic E-state index is 12.2. The van der Waals surface area contributed by atoms with E-state index in [4.69, 9.17) is 21.7 Å². The third-order valence-corrected chi connectivity index (χ3v) is 4.14. The quantitative estimate of drug-likeness (QED) is 0.609. The second-order valence-corrected chi connectivity index (χ2v) is 6.34. The zero-order valence-corrected chi connectivity index (χ0v) is 16.2. The summed E-state index contributed by atoms with van der Waals surface area (Å²) in [6, 6.07) is 24.1. The molecule has 0 heterocycles. The van der Waals surface area contributed by atoms with Crippen LogP contribution >= 0.6 is 12.2 Å². The predicted molar refractivity (Wildman–Crippen MR) is 114 cm³/mol. The van der Waals surface area contributed by atoms with E-state index in [0.29, 0.717) is 17.9 Å². The highest BCUT2D eigenvalue weighted by Gasteiger charge is 2.08. The van der Waals surface area contributed by atoms with Gasteiger partial charge in [-0.2, -0.15) is 0 Å². The van der Waals surface area contributed by atoms with Crippen LogP contribution in [0.4, 0.5) is 5.69 Å². The first-order chi connectivity index (χ1) is 13.6. The van der Waals surface area contributed by atoms with Crippen molar-refractivity contribution >= 4 is 28.9 Å². The molecule has 0 saturated carbocycles. The summed E-state index contributed by atoms with van der Waals surface area (Å²) in [6.07, 6.45) is 0. The predicted octanol–water partition coefficient (Wildman–Crippen LogP) is 4.40. The van der Waals surface area contributed by atoms with Gasteiger partial charge in [-0.3, -0.25) is 10.1 Å². The average molecular weight is 392 g/mol. The molecular weight excluding hydrogens is 372 g/mol. The van der Waals surface area contributed by atoms with Gasteiger partial charge in [-0.1, -0.05) is 30.3 Å². The van der Waals surface area contributed by atoms with Crippen LogP contribution in [0.5, 0.6) is 11.5 Å². The number of benzene rings is 3. The molecule has 28 heavy (non-hydrogen) atoms. The highest BCUT2D eigenvalue weighted by Crippen LogP contribution is 2.17. The van der Waals surface area contributed by atoms with Crippen LogP contribution in [0.25, 0.3) is 0 Å². The summed E-state index contributed by atoms with van der Waals surface area (Å²) < 4.78 is 10.8. The molecule has 0 unspecified atom stereocenters. The molecule has 0 aliphatic rings. The molecule has 0 fully saturated rings. The number of rotatable bonds is 6. The molecule has 0 spiro atoms. The Morgan fingerprint density at radius 2 is 1.54 bits per heavy atom. The van der Waals surface area contributed by atoms with E-state index in [1.165, 1.54) is 0 Å². The van der Waals surface area contributed by atoms with Gasteiger partial charge >= 0.3 is 0 Å². The van der Waals surface area contributed by atoms with Crippen molar-refractivity contribution in [1.29, 1.82) is 0 Å². The van der Waals surface area contributed by atoms with Gasteiger partial charge in [0.15, 0.2) is 5.11 Å². The molecule has 0 aliphatic carbocycles. The SMILES string of the molecule is COc1ccc(C(=O)NC(=S)Nc2ccc(OCc3ccccc3)cc2)cc1. The second-order valence-electron chi connectivity index (χ2n) is 5.94. The monoisotopic (exact) mass is 392 g/mol. The fourth-order valence-corrected chi connectivity index (χ4v) is 2.67. The summed E-state index contributed by atoms with van der Waals surface area (Å²) in [5, 5.41) is 5.86. The number of ether oxygens (including phenoxy) is 2. The number of thiocarbonyl (C=S) groups is 1. The molecule has 0 radical (unpaired) electrons. The highest BCUT2D eigenvalue weighted by atomic mass is 32.1. The Morgan fingerprint density at radius 3 is 2.18 bits per heavy atom. The Hall–Kier alpha value is -3.38. The van der Waals surface area contributed by atoms with Crippen molar-refractivity contribution in [2.75, 3.05) is 12.4 Å². The normalized spacial score (nSPS) is 10.0. The van der Waals surface area contributed by atoms with Crippen LogP contribution in [0.3, 0.4) is 0 Å². The summed E-state index contributed by atoms with van der Waals surface area (Å²) in [5.41, 5.74) is 2.36. The Bertz CT molecular complexity index is 926. The lowest BCUT2D eigenvalue weighted by Gasteiger charge is -2.11. The van der Waals surface area contributed by atoms with E-state index in [1.54, 1.807) is 31.4 Å². The summed E-state index contributed by atoms with van der Waals surface area (Å²) in [7, 11) is 1.58. The maximum atomic E-state index is 12.2. The van der Waals surface area contributed by atoms with Crippen LogP contribution in [0.15, 0.2) is 78.9 Å². The van der Waals surface area contributed by atoms with Crippen molar-refractivity contribution in [1.82, 2.24) is 5.32 Å². The summed E-state index contributed by atoms with van der Waals surface area (Å²) >= 11 is 5.21. The number of methoxy groups -OCH3 is 1. The summed E-state index contributed by atoms with van der Waals surface area (Å²) in [4.78, 5) is 12.2. The number of carbonyl (C=O) groups excluding carboxylic acids is 1. The van der Waals surface area contributed by atoms with E-state index in [-0.39, 0.29) is 11.0 Å². The van der Waals surface area contributed by atoms with Gasteiger partial charge in [0.2, 0.25) is 0 Å². The molecule has 0 saturated heterocycles. The van der Waals surface area contributed by atoms with Crippen molar-refractivity contribution in [3.8, 4) is 11.5 Å². The van der Waals surface area contributed by atoms with E-state index in [2.05, 4.69) is 10.6 Å². The van der Waals surface area contributed by atoms with Crippen molar-refractivity contribution in [3.63, 3.8) is 0 Å². The number of amides is 1. The molecular formula is C22H20N2O3S. The Morgan fingerprint density at radius 1 is 0.893 bits per heavy atom. The number of anilines is 1. The van der Waals surface area contributed by atoms with Gasteiger partial charge < -0.3 is 14.8 Å². The third kappa shape index (κ3) is 5.56. The molecule has 3 aromatic carbocycles. The third-order valence-electron chi connectivity index (χ3n) is 3.94. The minimum absolute atomic E-state index is 0.221. The second kappa shape index (κ2) is 9.53. The van der Waals surface area contributed by atoms with Gasteiger partial charge in [0.25, 0.3) is 5.91 Å². The first kappa shape index (κ1) is 19.4. The van der Waals surface area contributed by atoms with Crippen LogP contribution < -0.4 is 20.1 Å². The molecule has 0 aromatic heterocycles. The standard InChI is InChI=1S/C22H20N2O3S/c1-26-19-11-7-17(8-12-19)21(25)24-22(28)23-18-9-13-20(14-10-18)27-15-16-5-3-2-4-6-16/h2-14H,15H2,1H3,(H2,23,24,25,28). The van der Waals surface area contributed by atoms with Crippen LogP contribution in [-0.2, 0) is 6.61 Å². The van der Waals surface area contributed by atoms with Crippen LogP contribution in [0.2, 0.25) is 0 Å². The average Bonchev–Trinajstić information content (AvgIpc) is 2.74. The Labute approximate surface area is 169 Å². The van der Waals surface area contributed by atoms with Crippen molar-refractivity contribution in [2.24, 2.45) is 0 Å². The van der Waals surface area contributed by atoms with Crippen LogP contribution in [0.1, 0.15) is 15.9 Å². The van der Waals surface area contributed by atoms with Gasteiger partial charge in [-0.25, -0.2) is 0 Å². The lowest BCUT2D eigenvalue weighted by molar-refractivity contribution is 0.0977. The van der Waals surface area contributed by atoms with Gasteiger partial charge in [-0.15, -0.1) is 0 Å². The van der Waals surface area contributed by atoms with E-state index in [0.717, 1.165) is 17.0 Å². The summed E-state index contributed by atoms with van der Waals surface area (Å²) in [5.74, 6) is 1.15. The lowest BCUT2D eigenvalue weighted by Crippen LogP contribution is -2.34. The van der Waals surface area contributed by atoms with Gasteiger partial charge in [-0.05, 0) is 66.3 Å². The Kier molecular flexibility index (Phi) is 6.59. The number of hydrogen-bond acceptors (Lipinski definition) is 4. The highest BCUT2D eigenvalue weighted by molar-refractivity contribution is 7.80. The topological polar surface area (TPSA) is 59.6 Å². The van der Waals surface area contributed by atoms with Crippen LogP contribution in [-0.4, -0.2) is 18.1 Å². The first-order valence-electron chi connectivity index (χ1n) is 8.67. The molecule has 6 heteroatoms. The molecule has 0 atom stereocenters. The maximum Gasteiger partial charge on any atom is 0.257 e. The van der Waals surface area contributed by atoms with Crippen molar-refractivity contribution < 1.29 is 14.3 Å². The fraction of sp³-hybridized carbons (Fsp3) is 0.0909. The van der Waals surface area contributed by atoms with E-state index < -0.39 is 0 Å². The zero-order valence-electron chi connectivity index (χ0n) is 15.3.